The van der Waals surface area contributed by atoms with Crippen LogP contribution >= 0.6 is 0 Å². The maximum atomic E-state index is 7.37. The van der Waals surface area contributed by atoms with Crippen LogP contribution in [0.1, 0.15) is 22.3 Å². The van der Waals surface area contributed by atoms with Crippen LogP contribution in [0.5, 0.6) is 0 Å². The Morgan fingerprint density at radius 2 is 0.936 bits per heavy atom. The molecule has 0 N–H and O–H groups in total. The molecule has 7 aromatic rings. The lowest BCUT2D eigenvalue weighted by Gasteiger charge is -2.30. The molecule has 6 heteroatoms. The van der Waals surface area contributed by atoms with Crippen LogP contribution in [0.25, 0.3) is 66.2 Å². The monoisotopic (exact) mass is 598 g/mol. The van der Waals surface area contributed by atoms with Gasteiger partial charge in [0.15, 0.2) is 23.2 Å². The number of fused-ring (bicyclic) bond motifs is 10. The fraction of sp³-hybridized carbons (Fsp3) is 0.0244. The zero-order valence-corrected chi connectivity index (χ0v) is 24.9. The summed E-state index contributed by atoms with van der Waals surface area (Å²) in [6.07, 6.45) is 1.53. The molecule has 9 rings (SSSR count). The van der Waals surface area contributed by atoms with E-state index in [1.165, 1.54) is 50.7 Å². The van der Waals surface area contributed by atoms with E-state index in [0.29, 0.717) is 34.5 Å². The number of aromatic nitrogens is 4. The Kier molecular flexibility index (Phi) is 5.74. The Morgan fingerprint density at radius 1 is 0.447 bits per heavy atom. The van der Waals surface area contributed by atoms with Gasteiger partial charge in [0.05, 0.1) is 18.6 Å². The van der Waals surface area contributed by atoms with Crippen LogP contribution in [0.3, 0.4) is 0 Å². The third kappa shape index (κ3) is 3.83. The first-order valence-electron chi connectivity index (χ1n) is 15.2. The zero-order valence-electron chi connectivity index (χ0n) is 24.9. The van der Waals surface area contributed by atoms with E-state index in [4.69, 9.17) is 28.1 Å². The molecule has 0 amide bonds. The molecule has 2 aliphatic carbocycles. The predicted octanol–water partition coefficient (Wildman–Crippen LogP) is 9.71. The van der Waals surface area contributed by atoms with Crippen LogP contribution < -0.4 is 0 Å². The average Bonchev–Trinajstić information content (AvgIpc) is 3.62. The van der Waals surface area contributed by atoms with E-state index in [0.717, 1.165) is 11.1 Å². The van der Waals surface area contributed by atoms with E-state index in [-0.39, 0.29) is 0 Å². The summed E-state index contributed by atoms with van der Waals surface area (Å²) >= 11 is 0. The molecule has 2 heterocycles. The molecule has 0 aliphatic heterocycles. The Morgan fingerprint density at radius 3 is 1.49 bits per heavy atom. The Bertz CT molecular complexity index is 2350. The van der Waals surface area contributed by atoms with Gasteiger partial charge in [0.1, 0.15) is 5.69 Å². The standard InChI is InChI=1S/C41H22N6/c1-42-27-18-15-25(16-19-27)38-45-39(47-40(46-38)37-22-20-28(43-2)24-44-37)26-17-21-32-31-11-5-8-14-35(31)41(36(32)23-26)33-12-6-3-9-29(33)30-10-4-7-13-34(30)41/h3-24H. The number of benzene rings is 5. The SMILES string of the molecule is [C-]#[N+]c1ccc(-c2nc(-c3ccc4c(c3)C3(c5ccccc5-c5ccccc53)c3ccccc3-4)nc(-c3ccc([N+]#[C-])cn3)n2)cc1. The highest BCUT2D eigenvalue weighted by Gasteiger charge is 2.51. The van der Waals surface area contributed by atoms with Crippen LogP contribution in [0.15, 0.2) is 134 Å². The van der Waals surface area contributed by atoms with E-state index in [1.54, 1.807) is 24.3 Å². The normalized spacial score (nSPS) is 12.8. The molecule has 47 heavy (non-hydrogen) atoms. The summed E-state index contributed by atoms with van der Waals surface area (Å²) in [4.78, 5) is 26.3. The molecule has 5 aromatic carbocycles. The van der Waals surface area contributed by atoms with Crippen molar-refractivity contribution in [3.63, 3.8) is 0 Å². The lowest BCUT2D eigenvalue weighted by Crippen LogP contribution is -2.25. The molecular formula is C41H22N6. The molecule has 0 fully saturated rings. The molecule has 1 spiro atoms. The molecule has 2 aromatic heterocycles. The van der Waals surface area contributed by atoms with Gasteiger partial charge in [-0.05, 0) is 56.6 Å². The molecule has 0 radical (unpaired) electrons. The molecular weight excluding hydrogens is 576 g/mol. The maximum Gasteiger partial charge on any atom is 0.205 e. The van der Waals surface area contributed by atoms with E-state index in [9.17, 15) is 0 Å². The summed E-state index contributed by atoms with van der Waals surface area (Å²) in [5, 5.41) is 0. The molecule has 0 saturated carbocycles. The summed E-state index contributed by atoms with van der Waals surface area (Å²) in [6, 6.07) is 43.4. The summed E-state index contributed by atoms with van der Waals surface area (Å²) in [7, 11) is 0. The van der Waals surface area contributed by atoms with Crippen molar-refractivity contribution in [1.29, 1.82) is 0 Å². The van der Waals surface area contributed by atoms with Crippen LogP contribution in [-0.4, -0.2) is 19.9 Å². The number of hydrogen-bond acceptors (Lipinski definition) is 4. The largest absolute Gasteiger partial charge is 0.264 e. The molecule has 0 bridgehead atoms. The van der Waals surface area contributed by atoms with Crippen LogP contribution in [0.4, 0.5) is 11.4 Å². The summed E-state index contributed by atoms with van der Waals surface area (Å²) < 4.78 is 0. The summed E-state index contributed by atoms with van der Waals surface area (Å²) in [5.74, 6) is 1.40. The third-order valence-electron chi connectivity index (χ3n) is 9.25. The molecule has 0 unspecified atom stereocenters. The fourth-order valence-corrected chi connectivity index (χ4v) is 7.25. The minimum atomic E-state index is -0.486. The minimum Gasteiger partial charge on any atom is -0.264 e. The van der Waals surface area contributed by atoms with Gasteiger partial charge in [-0.2, -0.15) is 0 Å². The highest BCUT2D eigenvalue weighted by atomic mass is 15.0. The van der Waals surface area contributed by atoms with Gasteiger partial charge >= 0.3 is 0 Å². The predicted molar refractivity (Wildman–Crippen MR) is 183 cm³/mol. The second-order valence-corrected chi connectivity index (χ2v) is 11.6. The van der Waals surface area contributed by atoms with Crippen molar-refractivity contribution in [1.82, 2.24) is 19.9 Å². The van der Waals surface area contributed by atoms with Crippen molar-refractivity contribution in [2.45, 2.75) is 5.41 Å². The first-order chi connectivity index (χ1) is 23.2. The van der Waals surface area contributed by atoms with Gasteiger partial charge in [-0.1, -0.05) is 115 Å². The van der Waals surface area contributed by atoms with Crippen LogP contribution in [0, 0.1) is 13.1 Å². The molecule has 0 saturated heterocycles. The van der Waals surface area contributed by atoms with Gasteiger partial charge in [0.25, 0.3) is 0 Å². The second-order valence-electron chi connectivity index (χ2n) is 11.6. The van der Waals surface area contributed by atoms with Crippen molar-refractivity contribution in [2.75, 3.05) is 0 Å². The van der Waals surface area contributed by atoms with Crippen molar-refractivity contribution < 1.29 is 0 Å². The van der Waals surface area contributed by atoms with E-state index in [1.807, 2.05) is 12.1 Å². The average molecular weight is 599 g/mol. The van der Waals surface area contributed by atoms with Crippen LogP contribution in [0.2, 0.25) is 0 Å². The van der Waals surface area contributed by atoms with Crippen LogP contribution in [-0.2, 0) is 5.41 Å². The zero-order chi connectivity index (χ0) is 31.5. The molecule has 2 aliphatic rings. The van der Waals surface area contributed by atoms with Gasteiger partial charge < -0.3 is 0 Å². The number of nitrogens with zero attached hydrogens (tertiary/aromatic N) is 6. The molecule has 6 nitrogen and oxygen atoms in total. The highest BCUT2D eigenvalue weighted by molar-refractivity contribution is 5.95. The lowest BCUT2D eigenvalue weighted by molar-refractivity contribution is 0.794. The van der Waals surface area contributed by atoms with Gasteiger partial charge in [0, 0.05) is 17.3 Å². The minimum absolute atomic E-state index is 0.408. The van der Waals surface area contributed by atoms with Gasteiger partial charge in [-0.25, -0.2) is 24.6 Å². The van der Waals surface area contributed by atoms with Crippen molar-refractivity contribution in [2.24, 2.45) is 0 Å². The molecule has 216 valence electrons. The summed E-state index contributed by atoms with van der Waals surface area (Å²) in [6.45, 7) is 14.7. The van der Waals surface area contributed by atoms with Crippen molar-refractivity contribution in [3.8, 4) is 56.5 Å². The number of hydrogen-bond donors (Lipinski definition) is 0. The highest BCUT2D eigenvalue weighted by Crippen LogP contribution is 2.62. The second kappa shape index (κ2) is 10.1. The molecule has 0 atom stereocenters. The van der Waals surface area contributed by atoms with Crippen molar-refractivity contribution >= 4 is 11.4 Å². The first kappa shape index (κ1) is 26.6. The van der Waals surface area contributed by atoms with Gasteiger partial charge in [0.2, 0.25) is 5.69 Å². The lowest BCUT2D eigenvalue weighted by atomic mass is 9.70. The van der Waals surface area contributed by atoms with E-state index >= 15 is 0 Å². The number of rotatable bonds is 3. The smallest absolute Gasteiger partial charge is 0.205 e. The Hall–Kier alpha value is -6.76. The van der Waals surface area contributed by atoms with Crippen molar-refractivity contribution in [3.05, 3.63) is 179 Å². The van der Waals surface area contributed by atoms with Gasteiger partial charge in [-0.3, -0.25) is 4.98 Å². The summed E-state index contributed by atoms with van der Waals surface area (Å²) in [5.41, 5.74) is 12.6. The Labute approximate surface area is 271 Å². The Balaban J connectivity index is 1.29. The first-order valence-corrected chi connectivity index (χ1v) is 15.2. The van der Waals surface area contributed by atoms with E-state index < -0.39 is 5.41 Å². The quantitative estimate of drug-likeness (QED) is 0.190. The van der Waals surface area contributed by atoms with Gasteiger partial charge in [-0.15, -0.1) is 0 Å². The fourth-order valence-electron chi connectivity index (χ4n) is 7.25. The topological polar surface area (TPSA) is 60.3 Å². The maximum absolute atomic E-state index is 7.37. The van der Waals surface area contributed by atoms with E-state index in [2.05, 4.69) is 106 Å². The number of pyridine rings is 1. The third-order valence-corrected chi connectivity index (χ3v) is 9.25.